The van der Waals surface area contributed by atoms with Crippen molar-refractivity contribution >= 4 is 29.1 Å². The monoisotopic (exact) mass is 379 g/mol. The lowest BCUT2D eigenvalue weighted by Crippen LogP contribution is -2.28. The number of carbonyl (C=O) groups is 1. The Labute approximate surface area is 154 Å². The summed E-state index contributed by atoms with van der Waals surface area (Å²) in [6, 6.07) is 10.3. The molecule has 2 heterocycles. The fraction of sp³-hybridized carbons (Fsp3) is 0.176. The molecule has 130 valence electrons. The number of carbonyl (C=O) groups excluding carboxylic acids is 1. The van der Waals surface area contributed by atoms with Crippen LogP contribution in [0.2, 0.25) is 10.0 Å². The molecule has 6 nitrogen and oxygen atoms in total. The Morgan fingerprint density at radius 2 is 2.16 bits per heavy atom. The quantitative estimate of drug-likeness (QED) is 0.708. The number of nitrogens with zero attached hydrogens (tertiary/aromatic N) is 2. The molecule has 0 aliphatic carbocycles. The number of hydrogen-bond donors (Lipinski definition) is 1. The number of furan rings is 1. The van der Waals surface area contributed by atoms with Gasteiger partial charge in [0.25, 0.3) is 5.91 Å². The normalized spacial score (nSPS) is 10.7. The molecule has 1 aromatic carbocycles. The first-order chi connectivity index (χ1) is 12.0. The minimum atomic E-state index is -0.281. The number of benzene rings is 1. The Morgan fingerprint density at radius 3 is 2.88 bits per heavy atom. The molecule has 0 aliphatic rings. The van der Waals surface area contributed by atoms with Crippen molar-refractivity contribution in [2.24, 2.45) is 7.05 Å². The van der Waals surface area contributed by atoms with E-state index in [1.165, 1.54) is 0 Å². The predicted octanol–water partition coefficient (Wildman–Crippen LogP) is 3.68. The van der Waals surface area contributed by atoms with Crippen molar-refractivity contribution in [3.63, 3.8) is 0 Å². The van der Waals surface area contributed by atoms with Gasteiger partial charge in [-0.1, -0.05) is 23.2 Å². The maximum atomic E-state index is 11.9. The average Bonchev–Trinajstić information content (AvgIpc) is 3.21. The zero-order valence-corrected chi connectivity index (χ0v) is 14.8. The van der Waals surface area contributed by atoms with Gasteiger partial charge < -0.3 is 14.5 Å². The van der Waals surface area contributed by atoms with Crippen LogP contribution in [0.3, 0.4) is 0 Å². The topological polar surface area (TPSA) is 69.3 Å². The minimum Gasteiger partial charge on any atom is -0.482 e. The second-order valence-corrected chi connectivity index (χ2v) is 6.11. The van der Waals surface area contributed by atoms with Gasteiger partial charge in [-0.25, -0.2) is 0 Å². The number of aryl methyl sites for hydroxylation is 1. The number of amides is 1. The molecule has 3 aromatic rings. The van der Waals surface area contributed by atoms with Crippen LogP contribution in [0.25, 0.3) is 11.5 Å². The molecule has 0 atom stereocenters. The van der Waals surface area contributed by atoms with Crippen LogP contribution < -0.4 is 10.1 Å². The summed E-state index contributed by atoms with van der Waals surface area (Å²) in [7, 11) is 1.81. The number of rotatable bonds is 6. The summed E-state index contributed by atoms with van der Waals surface area (Å²) in [5.74, 6) is 0.837. The van der Waals surface area contributed by atoms with Crippen molar-refractivity contribution in [1.82, 2.24) is 15.1 Å². The van der Waals surface area contributed by atoms with Gasteiger partial charge in [-0.15, -0.1) is 0 Å². The molecule has 0 saturated heterocycles. The SMILES string of the molecule is Cn1nc(CNC(=O)COc2ccc(Cl)cc2Cl)cc1-c1ccco1. The van der Waals surface area contributed by atoms with E-state index in [9.17, 15) is 4.79 Å². The molecule has 0 spiro atoms. The van der Waals surface area contributed by atoms with E-state index in [2.05, 4.69) is 10.4 Å². The smallest absolute Gasteiger partial charge is 0.258 e. The maximum Gasteiger partial charge on any atom is 0.258 e. The highest BCUT2D eigenvalue weighted by atomic mass is 35.5. The third kappa shape index (κ3) is 4.35. The molecule has 8 heteroatoms. The van der Waals surface area contributed by atoms with Crippen molar-refractivity contribution in [3.05, 3.63) is 58.4 Å². The summed E-state index contributed by atoms with van der Waals surface area (Å²) in [5, 5.41) is 7.95. The van der Waals surface area contributed by atoms with Gasteiger partial charge in [0.1, 0.15) is 11.4 Å². The lowest BCUT2D eigenvalue weighted by Gasteiger charge is -2.08. The molecule has 0 unspecified atom stereocenters. The molecular weight excluding hydrogens is 365 g/mol. The predicted molar refractivity (Wildman–Crippen MR) is 94.7 cm³/mol. The Hall–Kier alpha value is -2.44. The maximum absolute atomic E-state index is 11.9. The third-order valence-electron chi connectivity index (χ3n) is 3.42. The number of ether oxygens (including phenoxy) is 1. The van der Waals surface area contributed by atoms with Crippen molar-refractivity contribution in [2.75, 3.05) is 6.61 Å². The zero-order chi connectivity index (χ0) is 17.8. The zero-order valence-electron chi connectivity index (χ0n) is 13.3. The van der Waals surface area contributed by atoms with Crippen molar-refractivity contribution < 1.29 is 13.9 Å². The molecule has 0 bridgehead atoms. The van der Waals surface area contributed by atoms with Crippen LogP contribution in [0.1, 0.15) is 5.69 Å². The largest absolute Gasteiger partial charge is 0.482 e. The number of halogens is 2. The van der Waals surface area contributed by atoms with E-state index >= 15 is 0 Å². The Bertz CT molecular complexity index is 875. The Morgan fingerprint density at radius 1 is 1.32 bits per heavy atom. The average molecular weight is 380 g/mol. The molecule has 1 amide bonds. The second kappa shape index (κ2) is 7.63. The fourth-order valence-electron chi connectivity index (χ4n) is 2.24. The van der Waals surface area contributed by atoms with Gasteiger partial charge in [0.15, 0.2) is 12.4 Å². The van der Waals surface area contributed by atoms with Crippen LogP contribution in [0, 0.1) is 0 Å². The molecule has 0 saturated carbocycles. The van der Waals surface area contributed by atoms with Crippen LogP contribution in [0.15, 0.2) is 47.1 Å². The van der Waals surface area contributed by atoms with E-state index in [0.717, 1.165) is 5.69 Å². The minimum absolute atomic E-state index is 0.154. The highest BCUT2D eigenvalue weighted by molar-refractivity contribution is 6.35. The highest BCUT2D eigenvalue weighted by Gasteiger charge is 2.11. The molecule has 3 rings (SSSR count). The van der Waals surface area contributed by atoms with Crippen molar-refractivity contribution in [1.29, 1.82) is 0 Å². The van der Waals surface area contributed by atoms with Crippen molar-refractivity contribution in [3.8, 4) is 17.2 Å². The summed E-state index contributed by atoms with van der Waals surface area (Å²) in [4.78, 5) is 11.9. The van der Waals surface area contributed by atoms with Gasteiger partial charge in [-0.3, -0.25) is 9.48 Å². The van der Waals surface area contributed by atoms with Crippen LogP contribution in [0.5, 0.6) is 5.75 Å². The van der Waals surface area contributed by atoms with Gasteiger partial charge in [0.2, 0.25) is 0 Å². The van der Waals surface area contributed by atoms with E-state index in [1.807, 2.05) is 25.2 Å². The van der Waals surface area contributed by atoms with E-state index in [0.29, 0.717) is 27.2 Å². The highest BCUT2D eigenvalue weighted by Crippen LogP contribution is 2.27. The molecule has 1 N–H and O–H groups in total. The molecule has 25 heavy (non-hydrogen) atoms. The Balaban J connectivity index is 1.53. The summed E-state index contributed by atoms with van der Waals surface area (Å²) in [5.41, 5.74) is 1.55. The summed E-state index contributed by atoms with van der Waals surface area (Å²) in [6.07, 6.45) is 1.60. The summed E-state index contributed by atoms with van der Waals surface area (Å²) < 4.78 is 12.4. The lowest BCUT2D eigenvalue weighted by molar-refractivity contribution is -0.123. The summed E-state index contributed by atoms with van der Waals surface area (Å²) >= 11 is 11.8. The molecule has 0 aliphatic heterocycles. The van der Waals surface area contributed by atoms with E-state index < -0.39 is 0 Å². The van der Waals surface area contributed by atoms with E-state index in [1.54, 1.807) is 29.1 Å². The van der Waals surface area contributed by atoms with Crippen LogP contribution in [-0.2, 0) is 18.4 Å². The standard InChI is InChI=1S/C17H15Cl2N3O3/c1-22-14(16-3-2-6-24-16)8-12(21-22)9-20-17(23)10-25-15-5-4-11(18)7-13(15)19/h2-8H,9-10H2,1H3,(H,20,23). The first kappa shape index (κ1) is 17.4. The second-order valence-electron chi connectivity index (χ2n) is 5.26. The molecular formula is C17H15Cl2N3O3. The first-order valence-electron chi connectivity index (χ1n) is 7.44. The van der Waals surface area contributed by atoms with E-state index in [-0.39, 0.29) is 19.1 Å². The summed E-state index contributed by atoms with van der Waals surface area (Å²) in [6.45, 7) is 0.129. The Kier molecular flexibility index (Phi) is 5.31. The first-order valence-corrected chi connectivity index (χ1v) is 8.20. The lowest BCUT2D eigenvalue weighted by atomic mass is 10.3. The van der Waals surface area contributed by atoms with E-state index in [4.69, 9.17) is 32.4 Å². The number of aromatic nitrogens is 2. The van der Waals surface area contributed by atoms with Gasteiger partial charge in [-0.05, 0) is 36.4 Å². The third-order valence-corrected chi connectivity index (χ3v) is 3.95. The van der Waals surface area contributed by atoms with Gasteiger partial charge in [-0.2, -0.15) is 5.10 Å². The van der Waals surface area contributed by atoms with Crippen LogP contribution in [0.4, 0.5) is 0 Å². The van der Waals surface area contributed by atoms with Crippen LogP contribution >= 0.6 is 23.2 Å². The van der Waals surface area contributed by atoms with Crippen LogP contribution in [-0.4, -0.2) is 22.3 Å². The van der Waals surface area contributed by atoms with Gasteiger partial charge >= 0.3 is 0 Å². The van der Waals surface area contributed by atoms with Crippen molar-refractivity contribution in [2.45, 2.75) is 6.54 Å². The fourth-order valence-corrected chi connectivity index (χ4v) is 2.71. The number of nitrogens with one attached hydrogen (secondary N) is 1. The van der Waals surface area contributed by atoms with Gasteiger partial charge in [0.05, 0.1) is 23.5 Å². The van der Waals surface area contributed by atoms with Gasteiger partial charge in [0, 0.05) is 12.1 Å². The number of hydrogen-bond acceptors (Lipinski definition) is 4. The molecule has 2 aromatic heterocycles. The molecule has 0 radical (unpaired) electrons. The molecule has 0 fully saturated rings.